The lowest BCUT2D eigenvalue weighted by atomic mass is 10.0. The third-order valence-corrected chi connectivity index (χ3v) is 6.76. The number of nitrogens with zero attached hydrogens (tertiary/aromatic N) is 3. The van der Waals surface area contributed by atoms with Crippen molar-refractivity contribution in [2.45, 2.75) is 37.8 Å². The Morgan fingerprint density at radius 1 is 1.00 bits per heavy atom. The topological polar surface area (TPSA) is 165 Å². The van der Waals surface area contributed by atoms with Crippen LogP contribution in [0.2, 0.25) is 0 Å². The van der Waals surface area contributed by atoms with E-state index in [0.29, 0.717) is 18.7 Å². The van der Waals surface area contributed by atoms with E-state index in [1.807, 2.05) is 0 Å². The van der Waals surface area contributed by atoms with Crippen LogP contribution in [-0.2, 0) is 9.59 Å². The van der Waals surface area contributed by atoms with Gasteiger partial charge in [0.1, 0.15) is 17.5 Å². The molecule has 13 nitrogen and oxygen atoms in total. The fourth-order valence-corrected chi connectivity index (χ4v) is 4.63. The lowest BCUT2D eigenvalue weighted by Gasteiger charge is -2.39. The minimum absolute atomic E-state index is 0.0395. The van der Waals surface area contributed by atoms with Gasteiger partial charge in [0.05, 0.1) is 22.7 Å². The van der Waals surface area contributed by atoms with Gasteiger partial charge in [0, 0.05) is 37.6 Å². The van der Waals surface area contributed by atoms with Crippen LogP contribution in [0.4, 0.5) is 10.5 Å². The van der Waals surface area contributed by atoms with Crippen molar-refractivity contribution in [3.05, 3.63) is 63.7 Å². The molecule has 3 heterocycles. The van der Waals surface area contributed by atoms with Crippen LogP contribution < -0.4 is 14.8 Å². The highest BCUT2D eigenvalue weighted by molar-refractivity contribution is 6.23. The summed E-state index contributed by atoms with van der Waals surface area (Å²) in [7, 11) is 0. The van der Waals surface area contributed by atoms with E-state index in [0.717, 1.165) is 11.3 Å². The lowest BCUT2D eigenvalue weighted by molar-refractivity contribution is -0.384. The molecular formula is C25H22N4O9. The average Bonchev–Trinajstić information content (AvgIpc) is 3.11. The number of hydrogen-bond donors (Lipinski definition) is 1. The Labute approximate surface area is 215 Å². The largest absolute Gasteiger partial charge is 0.493 e. The molecule has 2 atom stereocenters. The van der Waals surface area contributed by atoms with E-state index in [1.54, 1.807) is 6.07 Å². The second kappa shape index (κ2) is 9.92. The maximum atomic E-state index is 12.9. The standard InChI is InChI=1S/C25H22N4O9/c30-21-8-7-20(22(31)26-21)28-23(32)18-6-5-17(13-19(18)24(28)33)37-12-10-14-9-11-27(14)25(34)38-16-3-1-15(2-4-16)29(35)36/h1-6,13-14,20H,7-12H2,(H,26,30,31). The number of carbonyl (C=O) groups excluding carboxylic acids is 5. The van der Waals surface area contributed by atoms with Crippen LogP contribution >= 0.6 is 0 Å². The Bertz CT molecular complexity index is 1360. The van der Waals surface area contributed by atoms with Crippen molar-refractivity contribution >= 4 is 35.4 Å². The summed E-state index contributed by atoms with van der Waals surface area (Å²) in [6.07, 6.45) is 0.783. The molecule has 3 aliphatic heterocycles. The fourth-order valence-electron chi connectivity index (χ4n) is 4.63. The Hall–Kier alpha value is -4.81. The van der Waals surface area contributed by atoms with Crippen molar-refractivity contribution in [2.24, 2.45) is 0 Å². The molecule has 2 fully saturated rings. The van der Waals surface area contributed by atoms with Gasteiger partial charge in [0.25, 0.3) is 17.5 Å². The van der Waals surface area contributed by atoms with E-state index in [2.05, 4.69) is 5.32 Å². The first-order valence-corrected chi connectivity index (χ1v) is 11.9. The van der Waals surface area contributed by atoms with E-state index >= 15 is 0 Å². The number of rotatable bonds is 7. The van der Waals surface area contributed by atoms with Gasteiger partial charge in [-0.25, -0.2) is 4.79 Å². The number of fused-ring (bicyclic) bond motifs is 1. The van der Waals surface area contributed by atoms with Gasteiger partial charge in [-0.3, -0.25) is 39.5 Å². The van der Waals surface area contributed by atoms with Gasteiger partial charge in [-0.1, -0.05) is 0 Å². The maximum absolute atomic E-state index is 12.9. The van der Waals surface area contributed by atoms with Crippen LogP contribution in [0.1, 0.15) is 46.4 Å². The monoisotopic (exact) mass is 522 g/mol. The van der Waals surface area contributed by atoms with Gasteiger partial charge in [0.15, 0.2) is 0 Å². The highest BCUT2D eigenvalue weighted by atomic mass is 16.6. The zero-order chi connectivity index (χ0) is 27.0. The van der Waals surface area contributed by atoms with Crippen LogP contribution in [0.3, 0.4) is 0 Å². The number of benzene rings is 2. The Morgan fingerprint density at radius 3 is 2.37 bits per heavy atom. The summed E-state index contributed by atoms with van der Waals surface area (Å²) in [5.74, 6) is -1.78. The SMILES string of the molecule is O=C1CCC(N2C(=O)c3ccc(OCCC4CCN4C(=O)Oc4ccc([N+](=O)[O-])cc4)cc3C2=O)C(=O)N1. The number of piperidine rings is 1. The van der Waals surface area contributed by atoms with Crippen molar-refractivity contribution in [1.82, 2.24) is 15.1 Å². The Kier molecular flexibility index (Phi) is 6.49. The number of amides is 5. The molecule has 196 valence electrons. The van der Waals surface area contributed by atoms with Gasteiger partial charge < -0.3 is 14.4 Å². The van der Waals surface area contributed by atoms with Crippen molar-refractivity contribution < 1.29 is 38.4 Å². The average molecular weight is 522 g/mol. The third kappa shape index (κ3) is 4.65. The predicted octanol–water partition coefficient (Wildman–Crippen LogP) is 2.04. The highest BCUT2D eigenvalue weighted by Crippen LogP contribution is 2.31. The molecule has 5 amide bonds. The summed E-state index contributed by atoms with van der Waals surface area (Å²) in [4.78, 5) is 74.4. The smallest absolute Gasteiger partial charge is 0.415 e. The molecule has 0 aliphatic carbocycles. The number of likely N-dealkylation sites (tertiary alicyclic amines) is 1. The first kappa shape index (κ1) is 24.9. The molecule has 3 aliphatic rings. The predicted molar refractivity (Wildman–Crippen MR) is 127 cm³/mol. The normalized spacial score (nSPS) is 20.5. The molecule has 0 saturated carbocycles. The van der Waals surface area contributed by atoms with E-state index in [-0.39, 0.29) is 48.1 Å². The van der Waals surface area contributed by atoms with E-state index in [4.69, 9.17) is 9.47 Å². The van der Waals surface area contributed by atoms with E-state index < -0.39 is 40.7 Å². The molecule has 2 unspecified atom stereocenters. The fraction of sp³-hybridized carbons (Fsp3) is 0.320. The van der Waals surface area contributed by atoms with Crippen LogP contribution in [0.25, 0.3) is 0 Å². The first-order chi connectivity index (χ1) is 18.2. The molecule has 0 aromatic heterocycles. The Morgan fingerprint density at radius 2 is 1.71 bits per heavy atom. The maximum Gasteiger partial charge on any atom is 0.415 e. The zero-order valence-corrected chi connectivity index (χ0v) is 20.0. The molecule has 2 saturated heterocycles. The highest BCUT2D eigenvalue weighted by Gasteiger charge is 2.44. The number of nitro groups is 1. The quantitative estimate of drug-likeness (QED) is 0.325. The number of carbonyl (C=O) groups is 5. The van der Waals surface area contributed by atoms with Gasteiger partial charge in [-0.05, 0) is 43.2 Å². The van der Waals surface area contributed by atoms with Gasteiger partial charge >= 0.3 is 6.09 Å². The molecule has 2 aromatic rings. The minimum atomic E-state index is -1.04. The van der Waals surface area contributed by atoms with Crippen molar-refractivity contribution in [3.63, 3.8) is 0 Å². The molecule has 13 heteroatoms. The second-order valence-electron chi connectivity index (χ2n) is 9.05. The van der Waals surface area contributed by atoms with Crippen LogP contribution in [0.5, 0.6) is 11.5 Å². The summed E-state index contributed by atoms with van der Waals surface area (Å²) >= 11 is 0. The number of hydrogen-bond acceptors (Lipinski definition) is 9. The Balaban J connectivity index is 1.15. The van der Waals surface area contributed by atoms with Crippen molar-refractivity contribution in [1.29, 1.82) is 0 Å². The van der Waals surface area contributed by atoms with Gasteiger partial charge in [-0.15, -0.1) is 0 Å². The van der Waals surface area contributed by atoms with Crippen LogP contribution in [0.15, 0.2) is 42.5 Å². The number of ether oxygens (including phenoxy) is 2. The molecule has 0 spiro atoms. The first-order valence-electron chi connectivity index (χ1n) is 11.9. The van der Waals surface area contributed by atoms with Crippen LogP contribution in [-0.4, -0.2) is 69.7 Å². The number of nitro benzene ring substituents is 1. The van der Waals surface area contributed by atoms with Crippen molar-refractivity contribution in [2.75, 3.05) is 13.2 Å². The summed E-state index contributed by atoms with van der Waals surface area (Å²) < 4.78 is 11.1. The summed E-state index contributed by atoms with van der Waals surface area (Å²) in [5, 5.41) is 12.9. The molecular weight excluding hydrogens is 500 g/mol. The van der Waals surface area contributed by atoms with Gasteiger partial charge in [-0.2, -0.15) is 0 Å². The molecule has 38 heavy (non-hydrogen) atoms. The summed E-state index contributed by atoms with van der Waals surface area (Å²) in [5.41, 5.74) is 0.172. The molecule has 1 N–H and O–H groups in total. The molecule has 5 rings (SSSR count). The summed E-state index contributed by atoms with van der Waals surface area (Å²) in [6.45, 7) is 0.728. The molecule has 0 bridgehead atoms. The number of imide groups is 2. The third-order valence-electron chi connectivity index (χ3n) is 6.76. The van der Waals surface area contributed by atoms with Crippen molar-refractivity contribution in [3.8, 4) is 11.5 Å². The summed E-state index contributed by atoms with van der Waals surface area (Å²) in [6, 6.07) is 8.52. The second-order valence-corrected chi connectivity index (χ2v) is 9.05. The van der Waals surface area contributed by atoms with E-state index in [1.165, 1.54) is 41.3 Å². The van der Waals surface area contributed by atoms with Crippen LogP contribution in [0, 0.1) is 10.1 Å². The number of nitrogens with one attached hydrogen (secondary N) is 1. The molecule has 0 radical (unpaired) electrons. The van der Waals surface area contributed by atoms with Gasteiger partial charge in [0.2, 0.25) is 11.8 Å². The van der Waals surface area contributed by atoms with E-state index in [9.17, 15) is 34.1 Å². The zero-order valence-electron chi connectivity index (χ0n) is 20.0. The lowest BCUT2D eigenvalue weighted by Crippen LogP contribution is -2.54. The number of non-ortho nitro benzene ring substituents is 1. The molecule has 2 aromatic carbocycles. The minimum Gasteiger partial charge on any atom is -0.493 e.